The van der Waals surface area contributed by atoms with Crippen LogP contribution in [0.5, 0.6) is 11.5 Å². The van der Waals surface area contributed by atoms with E-state index < -0.39 is 0 Å². The van der Waals surface area contributed by atoms with Crippen LogP contribution in [0, 0.1) is 0 Å². The highest BCUT2D eigenvalue weighted by Gasteiger charge is 2.12. The Morgan fingerprint density at radius 3 is 2.37 bits per heavy atom. The molecule has 0 fully saturated rings. The van der Waals surface area contributed by atoms with Gasteiger partial charge in [-0.3, -0.25) is 4.98 Å². The summed E-state index contributed by atoms with van der Waals surface area (Å²) in [5, 5.41) is 14.6. The minimum atomic E-state index is 0.506. The number of benzene rings is 3. The van der Waals surface area contributed by atoms with Crippen LogP contribution in [0.2, 0.25) is 0 Å². The molecule has 6 rings (SSSR count). The molecular formula is C32H27N5O3S. The molecule has 0 aliphatic heterocycles. The smallest absolute Gasteiger partial charge is 0.161 e. The fourth-order valence-electron chi connectivity index (χ4n) is 4.41. The summed E-state index contributed by atoms with van der Waals surface area (Å²) in [5.74, 6) is 2.17. The zero-order valence-corrected chi connectivity index (χ0v) is 23.4. The Labute approximate surface area is 241 Å². The second-order valence-corrected chi connectivity index (χ2v) is 10.2. The molecular weight excluding hydrogens is 534 g/mol. The summed E-state index contributed by atoms with van der Waals surface area (Å²) < 4.78 is 16.0. The third kappa shape index (κ3) is 5.91. The lowest BCUT2D eigenvalue weighted by Gasteiger charge is -2.12. The van der Waals surface area contributed by atoms with Crippen molar-refractivity contribution in [1.82, 2.24) is 20.2 Å². The van der Waals surface area contributed by atoms with Crippen LogP contribution in [0.1, 0.15) is 0 Å². The summed E-state index contributed by atoms with van der Waals surface area (Å²) in [6.45, 7) is 1.05. The molecule has 0 saturated heterocycles. The Morgan fingerprint density at radius 1 is 0.780 bits per heavy atom. The Hall–Kier alpha value is -4.73. The highest BCUT2D eigenvalue weighted by atomic mass is 32.2. The van der Waals surface area contributed by atoms with E-state index in [1.807, 2.05) is 60.7 Å². The SMILES string of the molecule is COCCOc1ccc(-c2nnc(Nc3ccc(Sc4ccnc5cc(OC)cnc45)cc3)c3ccccc23)cc1. The number of hydrogen-bond acceptors (Lipinski definition) is 9. The van der Waals surface area contributed by atoms with Crippen molar-refractivity contribution in [2.24, 2.45) is 0 Å². The van der Waals surface area contributed by atoms with Gasteiger partial charge in [0.15, 0.2) is 5.82 Å². The summed E-state index contributed by atoms with van der Waals surface area (Å²) in [5.41, 5.74) is 4.35. The van der Waals surface area contributed by atoms with Gasteiger partial charge in [0, 0.05) is 51.2 Å². The molecule has 0 atom stereocenters. The number of hydrogen-bond donors (Lipinski definition) is 1. The van der Waals surface area contributed by atoms with E-state index in [-0.39, 0.29) is 0 Å². The topological polar surface area (TPSA) is 91.3 Å². The molecule has 0 saturated carbocycles. The minimum Gasteiger partial charge on any atom is -0.495 e. The van der Waals surface area contributed by atoms with Crippen molar-refractivity contribution < 1.29 is 14.2 Å². The van der Waals surface area contributed by atoms with E-state index in [9.17, 15) is 0 Å². The number of methoxy groups -OCH3 is 2. The first-order chi connectivity index (χ1) is 20.2. The number of nitrogens with one attached hydrogen (secondary N) is 1. The highest BCUT2D eigenvalue weighted by molar-refractivity contribution is 7.99. The number of rotatable bonds is 10. The molecule has 0 aliphatic carbocycles. The molecule has 1 N–H and O–H groups in total. The number of fused-ring (bicyclic) bond motifs is 2. The molecule has 0 radical (unpaired) electrons. The predicted molar refractivity (Wildman–Crippen MR) is 162 cm³/mol. The Morgan fingerprint density at radius 2 is 1.59 bits per heavy atom. The Bertz CT molecular complexity index is 1800. The lowest BCUT2D eigenvalue weighted by molar-refractivity contribution is 0.146. The van der Waals surface area contributed by atoms with E-state index >= 15 is 0 Å². The first kappa shape index (κ1) is 26.5. The average Bonchev–Trinajstić information content (AvgIpc) is 3.02. The van der Waals surface area contributed by atoms with Gasteiger partial charge in [-0.25, -0.2) is 4.98 Å². The molecule has 0 bridgehead atoms. The predicted octanol–water partition coefficient (Wildman–Crippen LogP) is 7.17. The van der Waals surface area contributed by atoms with Crippen LogP contribution < -0.4 is 14.8 Å². The zero-order chi connectivity index (χ0) is 28.0. The monoisotopic (exact) mass is 561 g/mol. The molecule has 0 aliphatic rings. The van der Waals surface area contributed by atoms with Gasteiger partial charge in [0.2, 0.25) is 0 Å². The number of aromatic nitrogens is 4. The van der Waals surface area contributed by atoms with Gasteiger partial charge in [-0.2, -0.15) is 0 Å². The van der Waals surface area contributed by atoms with E-state index in [1.165, 1.54) is 0 Å². The summed E-state index contributed by atoms with van der Waals surface area (Å²) in [6.07, 6.45) is 3.51. The van der Waals surface area contributed by atoms with E-state index in [1.54, 1.807) is 38.4 Å². The van der Waals surface area contributed by atoms with Gasteiger partial charge in [0.25, 0.3) is 0 Å². The van der Waals surface area contributed by atoms with Gasteiger partial charge >= 0.3 is 0 Å². The molecule has 8 nitrogen and oxygen atoms in total. The van der Waals surface area contributed by atoms with Crippen molar-refractivity contribution in [3.8, 4) is 22.8 Å². The average molecular weight is 562 g/mol. The van der Waals surface area contributed by atoms with Crippen LogP contribution in [0.25, 0.3) is 33.1 Å². The van der Waals surface area contributed by atoms with Crippen molar-refractivity contribution in [3.05, 3.63) is 97.3 Å². The molecule has 204 valence electrons. The van der Waals surface area contributed by atoms with Crippen LogP contribution in [0.4, 0.5) is 11.5 Å². The van der Waals surface area contributed by atoms with Crippen molar-refractivity contribution in [3.63, 3.8) is 0 Å². The Kier molecular flexibility index (Phi) is 7.88. The maximum absolute atomic E-state index is 5.70. The lowest BCUT2D eigenvalue weighted by Crippen LogP contribution is -2.04. The van der Waals surface area contributed by atoms with Crippen molar-refractivity contribution >= 4 is 45.1 Å². The quantitative estimate of drug-likeness (QED) is 0.175. The molecule has 9 heteroatoms. The molecule has 0 spiro atoms. The lowest BCUT2D eigenvalue weighted by atomic mass is 10.0. The maximum Gasteiger partial charge on any atom is 0.161 e. The number of ether oxygens (including phenoxy) is 3. The summed E-state index contributed by atoms with van der Waals surface area (Å²) >= 11 is 1.64. The van der Waals surface area contributed by atoms with Crippen LogP contribution in [-0.4, -0.2) is 47.6 Å². The fourth-order valence-corrected chi connectivity index (χ4v) is 5.32. The normalized spacial score (nSPS) is 11.1. The van der Waals surface area contributed by atoms with Gasteiger partial charge in [-0.1, -0.05) is 36.0 Å². The second kappa shape index (κ2) is 12.2. The van der Waals surface area contributed by atoms with Gasteiger partial charge in [0.05, 0.1) is 25.4 Å². The summed E-state index contributed by atoms with van der Waals surface area (Å²) in [7, 11) is 3.28. The van der Waals surface area contributed by atoms with E-state index in [4.69, 9.17) is 14.2 Å². The maximum atomic E-state index is 5.70. The number of nitrogens with zero attached hydrogens (tertiary/aromatic N) is 4. The third-order valence-electron chi connectivity index (χ3n) is 6.47. The third-order valence-corrected chi connectivity index (χ3v) is 7.52. The molecule has 6 aromatic rings. The molecule has 3 aromatic carbocycles. The number of anilines is 2. The minimum absolute atomic E-state index is 0.506. The van der Waals surface area contributed by atoms with Crippen LogP contribution in [0.3, 0.4) is 0 Å². The summed E-state index contributed by atoms with van der Waals surface area (Å²) in [4.78, 5) is 11.1. The van der Waals surface area contributed by atoms with Gasteiger partial charge < -0.3 is 19.5 Å². The second-order valence-electron chi connectivity index (χ2n) is 9.11. The fraction of sp³-hybridized carbons (Fsp3) is 0.125. The van der Waals surface area contributed by atoms with E-state index in [2.05, 4.69) is 49.7 Å². The number of pyridine rings is 2. The first-order valence-corrected chi connectivity index (χ1v) is 13.8. The zero-order valence-electron chi connectivity index (χ0n) is 22.6. The van der Waals surface area contributed by atoms with E-state index in [0.717, 1.165) is 54.3 Å². The molecule has 3 heterocycles. The van der Waals surface area contributed by atoms with Crippen molar-refractivity contribution in [1.29, 1.82) is 0 Å². The van der Waals surface area contributed by atoms with Crippen molar-refractivity contribution in [2.45, 2.75) is 9.79 Å². The molecule has 0 unspecified atom stereocenters. The van der Waals surface area contributed by atoms with Crippen LogP contribution in [0.15, 0.2) is 107 Å². The molecule has 0 amide bonds. The largest absolute Gasteiger partial charge is 0.495 e. The van der Waals surface area contributed by atoms with Gasteiger partial charge in [-0.05, 0) is 54.6 Å². The van der Waals surface area contributed by atoms with Crippen LogP contribution >= 0.6 is 11.8 Å². The molecule has 41 heavy (non-hydrogen) atoms. The Balaban J connectivity index is 1.21. The van der Waals surface area contributed by atoms with Gasteiger partial charge in [0.1, 0.15) is 29.3 Å². The highest BCUT2D eigenvalue weighted by Crippen LogP contribution is 2.35. The molecule has 3 aromatic heterocycles. The van der Waals surface area contributed by atoms with Crippen molar-refractivity contribution in [2.75, 3.05) is 32.8 Å². The van der Waals surface area contributed by atoms with Gasteiger partial charge in [-0.15, -0.1) is 10.2 Å². The standard InChI is InChI=1S/C32H27N5O3S/c1-38-17-18-40-23-11-7-21(8-12-23)30-26-5-3-4-6-27(26)32(37-36-30)35-22-9-13-25(14-10-22)41-29-15-16-33-28-19-24(39-2)20-34-31(28)29/h3-16,19-20H,17-18H2,1-2H3,(H,35,37). The van der Waals surface area contributed by atoms with E-state index in [0.29, 0.717) is 24.8 Å². The first-order valence-electron chi connectivity index (χ1n) is 13.0. The summed E-state index contributed by atoms with van der Waals surface area (Å²) in [6, 6.07) is 28.1. The van der Waals surface area contributed by atoms with Crippen LogP contribution in [-0.2, 0) is 4.74 Å².